The predicted molar refractivity (Wildman–Crippen MR) is 99.3 cm³/mol. The molecule has 1 atom stereocenters. The van der Waals surface area contributed by atoms with Crippen LogP contribution in [0.1, 0.15) is 24.5 Å². The van der Waals surface area contributed by atoms with Gasteiger partial charge in [-0.25, -0.2) is 0 Å². The van der Waals surface area contributed by atoms with E-state index in [9.17, 15) is 0 Å². The van der Waals surface area contributed by atoms with Crippen LogP contribution in [-0.4, -0.2) is 24.1 Å². The molecule has 1 aliphatic rings. The van der Waals surface area contributed by atoms with Crippen molar-refractivity contribution in [3.05, 3.63) is 63.2 Å². The average Bonchev–Trinajstić information content (AvgIpc) is 2.55. The summed E-state index contributed by atoms with van der Waals surface area (Å²) in [6.07, 6.45) is 2.25. The van der Waals surface area contributed by atoms with E-state index in [2.05, 4.69) is 82.9 Å². The van der Waals surface area contributed by atoms with Gasteiger partial charge in [0.2, 0.25) is 0 Å². The Labute approximate surface area is 146 Å². The molecule has 0 amide bonds. The molecule has 22 heavy (non-hydrogen) atoms. The van der Waals surface area contributed by atoms with Crippen molar-refractivity contribution < 1.29 is 4.74 Å². The molecule has 2 nitrogen and oxygen atoms in total. The second-order valence-corrected chi connectivity index (χ2v) is 7.12. The highest BCUT2D eigenvalue weighted by molar-refractivity contribution is 14.1. The van der Waals surface area contributed by atoms with Crippen LogP contribution in [0.4, 0.5) is 0 Å². The van der Waals surface area contributed by atoms with Crippen LogP contribution in [0.25, 0.3) is 0 Å². The van der Waals surface area contributed by atoms with E-state index >= 15 is 0 Å². The molecule has 1 heterocycles. The maximum atomic E-state index is 6.01. The Hall–Kier alpha value is -1.07. The lowest BCUT2D eigenvalue weighted by Crippen LogP contribution is -2.43. The summed E-state index contributed by atoms with van der Waals surface area (Å²) >= 11 is 2.38. The number of hydrogen-bond acceptors (Lipinski definition) is 2. The Morgan fingerprint density at radius 1 is 1.18 bits per heavy atom. The van der Waals surface area contributed by atoms with Crippen molar-refractivity contribution in [1.82, 2.24) is 4.90 Å². The van der Waals surface area contributed by atoms with Crippen molar-refractivity contribution >= 4 is 22.6 Å². The Kier molecular flexibility index (Phi) is 5.37. The van der Waals surface area contributed by atoms with E-state index in [1.807, 2.05) is 0 Å². The van der Waals surface area contributed by atoms with E-state index in [1.165, 1.54) is 21.1 Å². The van der Waals surface area contributed by atoms with Crippen LogP contribution in [-0.2, 0) is 13.0 Å². The molecule has 1 aliphatic heterocycles. The van der Waals surface area contributed by atoms with Crippen LogP contribution in [0, 0.1) is 3.57 Å². The maximum Gasteiger partial charge on any atom is 0.122 e. The molecule has 2 aromatic carbocycles. The smallest absolute Gasteiger partial charge is 0.122 e. The van der Waals surface area contributed by atoms with E-state index in [1.54, 1.807) is 0 Å². The molecule has 0 fully saturated rings. The van der Waals surface area contributed by atoms with Crippen LogP contribution in [0.5, 0.6) is 5.75 Å². The molecule has 0 saturated carbocycles. The number of halogens is 1. The normalized spacial score (nSPS) is 17.1. The summed E-state index contributed by atoms with van der Waals surface area (Å²) in [5, 5.41) is 0. The molecule has 0 bridgehead atoms. The third-order valence-corrected chi connectivity index (χ3v) is 4.84. The number of fused-ring (bicyclic) bond motifs is 1. The van der Waals surface area contributed by atoms with Gasteiger partial charge in [-0.1, -0.05) is 37.3 Å². The quantitative estimate of drug-likeness (QED) is 0.677. The zero-order chi connectivity index (χ0) is 15.4. The Morgan fingerprint density at radius 3 is 2.77 bits per heavy atom. The molecule has 0 N–H and O–H groups in total. The molecule has 116 valence electrons. The largest absolute Gasteiger partial charge is 0.492 e. The number of benzene rings is 2. The van der Waals surface area contributed by atoms with Crippen LogP contribution in [0.15, 0.2) is 48.5 Å². The third kappa shape index (κ3) is 3.82. The fourth-order valence-electron chi connectivity index (χ4n) is 3.08. The van der Waals surface area contributed by atoms with E-state index < -0.39 is 0 Å². The van der Waals surface area contributed by atoms with Crippen LogP contribution < -0.4 is 4.74 Å². The molecular formula is C19H22INO. The van der Waals surface area contributed by atoms with Gasteiger partial charge in [0.05, 0.1) is 0 Å². The van der Waals surface area contributed by atoms with Crippen LogP contribution in [0.2, 0.25) is 0 Å². The Morgan fingerprint density at radius 2 is 2.00 bits per heavy atom. The molecule has 0 unspecified atom stereocenters. The van der Waals surface area contributed by atoms with Gasteiger partial charge in [0.1, 0.15) is 12.4 Å². The predicted octanol–water partition coefficient (Wildman–Crippen LogP) is 4.51. The number of rotatable bonds is 5. The minimum absolute atomic E-state index is 0.464. The van der Waals surface area contributed by atoms with Gasteiger partial charge in [0.25, 0.3) is 0 Å². The average molecular weight is 407 g/mol. The van der Waals surface area contributed by atoms with Crippen LogP contribution >= 0.6 is 22.6 Å². The highest BCUT2D eigenvalue weighted by atomic mass is 127. The fourth-order valence-corrected chi connectivity index (χ4v) is 3.63. The molecule has 3 heteroatoms. The van der Waals surface area contributed by atoms with Crippen molar-refractivity contribution in [2.75, 3.05) is 13.2 Å². The molecule has 0 radical (unpaired) electrons. The van der Waals surface area contributed by atoms with E-state index in [-0.39, 0.29) is 0 Å². The molecule has 0 saturated heterocycles. The summed E-state index contributed by atoms with van der Waals surface area (Å²) in [4.78, 5) is 2.57. The van der Waals surface area contributed by atoms with Gasteiger partial charge in [-0.2, -0.15) is 0 Å². The van der Waals surface area contributed by atoms with Gasteiger partial charge in [0.15, 0.2) is 0 Å². The first-order valence-electron chi connectivity index (χ1n) is 7.95. The number of nitrogens with zero attached hydrogens (tertiary/aromatic N) is 1. The lowest BCUT2D eigenvalue weighted by Gasteiger charge is -2.35. The van der Waals surface area contributed by atoms with Crippen molar-refractivity contribution in [3.63, 3.8) is 0 Å². The highest BCUT2D eigenvalue weighted by Gasteiger charge is 2.25. The second-order valence-electron chi connectivity index (χ2n) is 5.88. The summed E-state index contributed by atoms with van der Waals surface area (Å²) in [6.45, 7) is 5.16. The summed E-state index contributed by atoms with van der Waals surface area (Å²) in [5.74, 6) is 1.06. The van der Waals surface area contributed by atoms with Gasteiger partial charge < -0.3 is 4.74 Å². The van der Waals surface area contributed by atoms with Crippen molar-refractivity contribution in [1.29, 1.82) is 0 Å². The fraction of sp³-hybridized carbons (Fsp3) is 0.368. The first kappa shape index (κ1) is 15.8. The van der Waals surface area contributed by atoms with Crippen LogP contribution in [0.3, 0.4) is 0 Å². The molecule has 0 aromatic heterocycles. The van der Waals surface area contributed by atoms with E-state index in [0.29, 0.717) is 6.04 Å². The molecule has 0 spiro atoms. The lowest BCUT2D eigenvalue weighted by molar-refractivity contribution is 0.113. The Balaban J connectivity index is 1.75. The topological polar surface area (TPSA) is 12.5 Å². The number of ether oxygens (including phenoxy) is 1. The standard InChI is InChI=1S/C19H22INO/c1-2-10-21(13-15-6-4-3-5-7-15)18-12-16-11-17(20)8-9-19(16)22-14-18/h3-9,11,18H,2,10,12-14H2,1H3/t18-/m0/s1. The minimum Gasteiger partial charge on any atom is -0.492 e. The summed E-state index contributed by atoms with van der Waals surface area (Å²) in [5.41, 5.74) is 2.72. The summed E-state index contributed by atoms with van der Waals surface area (Å²) < 4.78 is 7.29. The summed E-state index contributed by atoms with van der Waals surface area (Å²) in [6, 6.07) is 17.7. The third-order valence-electron chi connectivity index (χ3n) is 4.17. The monoisotopic (exact) mass is 407 g/mol. The summed E-state index contributed by atoms with van der Waals surface area (Å²) in [7, 11) is 0. The van der Waals surface area contributed by atoms with Crippen molar-refractivity contribution in [2.45, 2.75) is 32.4 Å². The second kappa shape index (κ2) is 7.47. The van der Waals surface area contributed by atoms with E-state index in [4.69, 9.17) is 4.74 Å². The van der Waals surface area contributed by atoms with Crippen molar-refractivity contribution in [2.24, 2.45) is 0 Å². The molecule has 0 aliphatic carbocycles. The molecular weight excluding hydrogens is 385 g/mol. The lowest BCUT2D eigenvalue weighted by atomic mass is 10.0. The van der Waals surface area contributed by atoms with E-state index in [0.717, 1.165) is 31.9 Å². The zero-order valence-corrected chi connectivity index (χ0v) is 15.1. The van der Waals surface area contributed by atoms with Gasteiger partial charge in [-0.3, -0.25) is 4.90 Å². The maximum absolute atomic E-state index is 6.01. The highest BCUT2D eigenvalue weighted by Crippen LogP contribution is 2.28. The SMILES string of the molecule is CCCN(Cc1ccccc1)[C@@H]1COc2ccc(I)cc2C1. The molecule has 3 rings (SSSR count). The minimum atomic E-state index is 0.464. The first-order chi connectivity index (χ1) is 10.8. The molecule has 2 aromatic rings. The first-order valence-corrected chi connectivity index (χ1v) is 9.03. The van der Waals surface area contributed by atoms with Crippen molar-refractivity contribution in [3.8, 4) is 5.75 Å². The van der Waals surface area contributed by atoms with Gasteiger partial charge >= 0.3 is 0 Å². The van der Waals surface area contributed by atoms with Gasteiger partial charge in [-0.15, -0.1) is 0 Å². The number of hydrogen-bond donors (Lipinski definition) is 0. The van der Waals surface area contributed by atoms with Gasteiger partial charge in [0, 0.05) is 16.2 Å². The zero-order valence-electron chi connectivity index (χ0n) is 13.0. The van der Waals surface area contributed by atoms with Gasteiger partial charge in [-0.05, 0) is 71.3 Å². The Bertz CT molecular complexity index is 614.